The lowest BCUT2D eigenvalue weighted by Crippen LogP contribution is -2.75. The lowest BCUT2D eigenvalue weighted by Gasteiger charge is -2.55. The van der Waals surface area contributed by atoms with Crippen LogP contribution in [-0.2, 0) is 30.6 Å². The molecule has 3 amide bonds. The molecule has 3 aromatic rings. The first-order chi connectivity index (χ1) is 23.5. The van der Waals surface area contributed by atoms with Crippen LogP contribution in [-0.4, -0.2) is 123 Å². The van der Waals surface area contributed by atoms with E-state index in [1.807, 2.05) is 0 Å². The van der Waals surface area contributed by atoms with E-state index < -0.39 is 36.7 Å². The van der Waals surface area contributed by atoms with E-state index >= 15 is 0 Å². The zero-order valence-corrected chi connectivity index (χ0v) is 28.6. The summed E-state index contributed by atoms with van der Waals surface area (Å²) in [5, 5.41) is 17.9. The number of nitrogens with two attached hydrogens (primary N) is 2. The van der Waals surface area contributed by atoms with E-state index in [4.69, 9.17) is 16.5 Å². The minimum Gasteiger partial charge on any atom is -0.477 e. The number of nitrogens with one attached hydrogen (secondary N) is 1. The summed E-state index contributed by atoms with van der Waals surface area (Å²) in [4.78, 5) is 65.4. The molecule has 0 saturated carbocycles. The molecule has 2 atom stereocenters. The summed E-state index contributed by atoms with van der Waals surface area (Å²) < 4.78 is 16.1. The van der Waals surface area contributed by atoms with Gasteiger partial charge in [-0.1, -0.05) is 23.0 Å². The van der Waals surface area contributed by atoms with Gasteiger partial charge >= 0.3 is 5.97 Å². The number of primary amides is 1. The minimum absolute atomic E-state index is 0.0580. The van der Waals surface area contributed by atoms with Crippen molar-refractivity contribution in [2.45, 2.75) is 35.8 Å². The smallest absolute Gasteiger partial charge is 0.353 e. The largest absolute Gasteiger partial charge is 0.477 e. The molecule has 5 aliphatic rings. The number of carbonyl (C=O) groups is 4. The first-order valence-electron chi connectivity index (χ1n) is 15.6. The number of thioether (sulfide) groups is 1. The Labute approximate surface area is 291 Å². The quantitative estimate of drug-likeness (QED) is 0.0908. The van der Waals surface area contributed by atoms with Crippen LogP contribution in [0.25, 0.3) is 10.2 Å². The van der Waals surface area contributed by atoms with Gasteiger partial charge in [-0.05, 0) is 25.0 Å². The number of quaternary nitrogens is 2. The van der Waals surface area contributed by atoms with Crippen molar-refractivity contribution in [3.05, 3.63) is 45.4 Å². The molecule has 15 nitrogen and oxygen atoms in total. The Hall–Kier alpha value is -4.17. The number of oxime groups is 1. The standard InChI is InChI=1S/C30H32FN9O6S3/c31-15-46-37-23(18-14-47-29(33)34-18)26(42)36-24-19-2-4-21(25(28(44)45)38(19)27(24)43)49-30-35-17-11-16(1-3-20(17)48-30)12-39-5-8-40(9-6-39,10-7-39)13-22(32)41/h1,3,11,14,19,24H,2,4-10,12-13,15H2,(H4-2,32,33,34,36,41,42,44,45)/p+2/b37-23-/t19-,24+,39?,40?/m1/s1. The summed E-state index contributed by atoms with van der Waals surface area (Å²) in [5.74, 6) is -2.90. The highest BCUT2D eigenvalue weighted by Gasteiger charge is 2.54. The molecule has 5 aliphatic heterocycles. The van der Waals surface area contributed by atoms with E-state index in [1.165, 1.54) is 38.9 Å². The number of aliphatic carboxylic acids is 1. The molecular formula is C30H34FN9O6S3+2. The molecule has 49 heavy (non-hydrogen) atoms. The highest BCUT2D eigenvalue weighted by atomic mass is 32.2. The van der Waals surface area contributed by atoms with Gasteiger partial charge in [-0.25, -0.2) is 19.2 Å². The van der Waals surface area contributed by atoms with Crippen LogP contribution in [0.15, 0.2) is 43.7 Å². The van der Waals surface area contributed by atoms with Crippen molar-refractivity contribution >= 4 is 79.2 Å². The Bertz CT molecular complexity index is 1900. The number of amides is 3. The van der Waals surface area contributed by atoms with Crippen LogP contribution >= 0.6 is 34.4 Å². The third-order valence-corrected chi connectivity index (χ3v) is 12.8. The van der Waals surface area contributed by atoms with E-state index in [9.17, 15) is 28.7 Å². The number of nitrogens with zero attached hydrogens (tertiary/aromatic N) is 6. The average Bonchev–Trinajstić information content (AvgIpc) is 3.69. The molecule has 0 aliphatic carbocycles. The maximum atomic E-state index is 13.3. The second-order valence-electron chi connectivity index (χ2n) is 12.8. The number of hydrogen-bond donors (Lipinski definition) is 4. The van der Waals surface area contributed by atoms with Gasteiger partial charge in [-0.15, -0.1) is 22.7 Å². The van der Waals surface area contributed by atoms with Gasteiger partial charge in [0.1, 0.15) is 63.2 Å². The lowest BCUT2D eigenvalue weighted by atomic mass is 9.86. The van der Waals surface area contributed by atoms with Crippen molar-refractivity contribution in [1.82, 2.24) is 20.2 Å². The van der Waals surface area contributed by atoms with E-state index in [-0.39, 0.29) is 28.1 Å². The number of carboxylic acids is 1. The van der Waals surface area contributed by atoms with Crippen LogP contribution in [0.5, 0.6) is 0 Å². The van der Waals surface area contributed by atoms with Gasteiger partial charge in [0.2, 0.25) is 0 Å². The molecule has 2 bridgehead atoms. The van der Waals surface area contributed by atoms with Gasteiger partial charge in [-0.2, -0.15) is 0 Å². The number of carboxylic acid groups (broad SMARTS) is 1. The number of anilines is 1. The van der Waals surface area contributed by atoms with Crippen LogP contribution < -0.4 is 16.8 Å². The van der Waals surface area contributed by atoms with Crippen LogP contribution in [0.4, 0.5) is 9.52 Å². The van der Waals surface area contributed by atoms with E-state index in [0.717, 1.165) is 76.3 Å². The van der Waals surface area contributed by atoms with Gasteiger partial charge in [0, 0.05) is 15.8 Å². The van der Waals surface area contributed by atoms with Crippen LogP contribution in [0.3, 0.4) is 0 Å². The summed E-state index contributed by atoms with van der Waals surface area (Å²) in [6, 6.07) is 4.68. The highest BCUT2D eigenvalue weighted by Crippen LogP contribution is 2.45. The monoisotopic (exact) mass is 731 g/mol. The first kappa shape index (κ1) is 33.3. The molecule has 1 aromatic carbocycles. The number of allylic oxidation sites excluding steroid dienone is 1. The first-order valence-corrected chi connectivity index (χ1v) is 18.1. The number of alkyl halides is 1. The number of hydrogen-bond acceptors (Lipinski definition) is 12. The third-order valence-electron chi connectivity index (χ3n) is 9.86. The van der Waals surface area contributed by atoms with Crippen LogP contribution in [0.2, 0.25) is 0 Å². The molecule has 0 radical (unpaired) electrons. The number of thiazole rings is 2. The molecule has 6 N–H and O–H groups in total. The topological polar surface area (TPSA) is 203 Å². The summed E-state index contributed by atoms with van der Waals surface area (Å²) in [6.45, 7) is 5.86. The van der Waals surface area contributed by atoms with Crippen molar-refractivity contribution in [1.29, 1.82) is 0 Å². The number of rotatable bonds is 12. The van der Waals surface area contributed by atoms with Crippen molar-refractivity contribution in [3.63, 3.8) is 0 Å². The SMILES string of the molecule is NC(=O)C[N+]12CC[N+](Cc3ccc4sc(SC5=C(C(=O)O)N6C(=O)[C@@H](NC(=O)/C(=N\OCF)c7csc(N)n7)[C@H]6CC5)nc4c3)(CC1)CC2. The molecule has 258 valence electrons. The molecule has 0 spiro atoms. The minimum atomic E-state index is -1.28. The van der Waals surface area contributed by atoms with Gasteiger partial charge in [0.15, 0.2) is 21.7 Å². The Morgan fingerprint density at radius 3 is 2.55 bits per heavy atom. The summed E-state index contributed by atoms with van der Waals surface area (Å²) in [7, 11) is 0. The van der Waals surface area contributed by atoms with E-state index in [0.29, 0.717) is 28.6 Å². The van der Waals surface area contributed by atoms with Crippen molar-refractivity contribution in [2.75, 3.05) is 58.4 Å². The predicted octanol–water partition coefficient (Wildman–Crippen LogP) is 1.21. The number of benzene rings is 1. The number of piperazine rings is 3. The number of aromatic nitrogens is 2. The maximum Gasteiger partial charge on any atom is 0.353 e. The second kappa shape index (κ2) is 12.9. The zero-order valence-electron chi connectivity index (χ0n) is 26.2. The molecule has 2 aromatic heterocycles. The second-order valence-corrected chi connectivity index (χ2v) is 16.0. The number of carbonyl (C=O) groups excluding carboxylic acids is 3. The molecule has 19 heteroatoms. The fourth-order valence-corrected chi connectivity index (χ4v) is 10.2. The van der Waals surface area contributed by atoms with Gasteiger partial charge < -0.3 is 35.7 Å². The molecule has 4 saturated heterocycles. The third kappa shape index (κ3) is 6.36. The molecule has 4 fully saturated rings. The van der Waals surface area contributed by atoms with Gasteiger partial charge in [0.05, 0.1) is 16.3 Å². The van der Waals surface area contributed by atoms with Crippen molar-refractivity contribution in [2.24, 2.45) is 10.9 Å². The van der Waals surface area contributed by atoms with Crippen molar-refractivity contribution in [3.8, 4) is 0 Å². The van der Waals surface area contributed by atoms with E-state index in [2.05, 4.69) is 38.5 Å². The summed E-state index contributed by atoms with van der Waals surface area (Å²) in [6.07, 6.45) is 0.764. The Balaban J connectivity index is 1.04. The van der Waals surface area contributed by atoms with Crippen LogP contribution in [0.1, 0.15) is 24.1 Å². The number of β-lactam (4-membered cyclic amide) rings is 1. The number of halogens is 1. The normalized spacial score (nSPS) is 26.4. The highest BCUT2D eigenvalue weighted by molar-refractivity contribution is 8.04. The van der Waals surface area contributed by atoms with Gasteiger partial charge in [0.25, 0.3) is 24.6 Å². The maximum absolute atomic E-state index is 13.3. The summed E-state index contributed by atoms with van der Waals surface area (Å²) in [5.41, 5.74) is 12.8. The Kier molecular flexibility index (Phi) is 8.80. The number of fused-ring (bicyclic) bond motifs is 5. The van der Waals surface area contributed by atoms with Gasteiger partial charge in [-0.3, -0.25) is 19.3 Å². The Morgan fingerprint density at radius 1 is 1.16 bits per heavy atom. The fourth-order valence-electron chi connectivity index (χ4n) is 7.36. The molecule has 0 unspecified atom stereocenters. The molecular weight excluding hydrogens is 698 g/mol. The van der Waals surface area contributed by atoms with E-state index in [1.54, 1.807) is 0 Å². The molecule has 8 rings (SSSR count). The lowest BCUT2D eigenvalue weighted by molar-refractivity contribution is -1.08. The Morgan fingerprint density at radius 2 is 1.90 bits per heavy atom. The number of nitrogen functional groups attached to an aromatic ring is 1. The van der Waals surface area contributed by atoms with Crippen molar-refractivity contribution < 1.29 is 42.5 Å². The average molecular weight is 732 g/mol. The summed E-state index contributed by atoms with van der Waals surface area (Å²) >= 11 is 3.76. The fraction of sp³-hybridized carbons (Fsp3) is 0.433. The zero-order chi connectivity index (χ0) is 34.5. The molecule has 7 heterocycles. The van der Waals surface area contributed by atoms with Crippen LogP contribution in [0, 0.1) is 0 Å². The predicted molar refractivity (Wildman–Crippen MR) is 180 cm³/mol.